The second-order valence-electron chi connectivity index (χ2n) is 11.4. The number of unbranched alkanes of at least 4 members (excludes halogenated alkanes) is 1. The molecule has 0 spiro atoms. The molecule has 1 heterocycles. The molecule has 2 aliphatic rings. The fraction of sp³-hybridized carbons (Fsp3) is 0.407. The summed E-state index contributed by atoms with van der Waals surface area (Å²) in [6.45, 7) is 8.39. The summed E-state index contributed by atoms with van der Waals surface area (Å²) in [7, 11) is -7.41. The minimum atomic E-state index is -3.82. The molecular formula is C27H35N3O6S2. The smallest absolute Gasteiger partial charge is 0.229 e. The van der Waals surface area contributed by atoms with Crippen LogP contribution in [0.5, 0.6) is 0 Å². The Morgan fingerprint density at radius 2 is 1.79 bits per heavy atom. The number of rotatable bonds is 7. The van der Waals surface area contributed by atoms with Gasteiger partial charge in [0.05, 0.1) is 23.0 Å². The van der Waals surface area contributed by atoms with Gasteiger partial charge in [0, 0.05) is 5.56 Å². The number of sulfonamides is 1. The van der Waals surface area contributed by atoms with Gasteiger partial charge in [-0.15, -0.1) is 4.40 Å². The zero-order valence-electron chi connectivity index (χ0n) is 22.2. The van der Waals surface area contributed by atoms with Crippen molar-refractivity contribution in [3.63, 3.8) is 0 Å². The lowest BCUT2D eigenvalue weighted by Crippen LogP contribution is -2.42. The topological polar surface area (TPSA) is 148 Å². The molecule has 206 valence electrons. The normalized spacial score (nSPS) is 21.7. The fourth-order valence-electron chi connectivity index (χ4n) is 4.98. The molecule has 2 aromatic carbocycles. The number of hydrogen-bond donors (Lipinski definition) is 5. The predicted octanol–water partition coefficient (Wildman–Crippen LogP) is 6.32. The first kappa shape index (κ1) is 28.2. The van der Waals surface area contributed by atoms with Gasteiger partial charge in [-0.05, 0) is 48.9 Å². The van der Waals surface area contributed by atoms with Gasteiger partial charge in [0.2, 0.25) is 10.0 Å². The van der Waals surface area contributed by atoms with Crippen LogP contribution < -0.4 is 10.0 Å². The van der Waals surface area contributed by atoms with E-state index in [-0.39, 0.29) is 44.6 Å². The molecule has 2 aromatic rings. The van der Waals surface area contributed by atoms with Crippen LogP contribution in [-0.4, -0.2) is 40.5 Å². The van der Waals surface area contributed by atoms with E-state index >= 15 is 0 Å². The molecule has 38 heavy (non-hydrogen) atoms. The Morgan fingerprint density at radius 3 is 2.45 bits per heavy atom. The van der Waals surface area contributed by atoms with E-state index < -0.39 is 26.2 Å². The van der Waals surface area contributed by atoms with E-state index in [0.29, 0.717) is 12.0 Å². The Bertz CT molecular complexity index is 1460. The van der Waals surface area contributed by atoms with Gasteiger partial charge in [0.15, 0.2) is 11.6 Å². The van der Waals surface area contributed by atoms with Gasteiger partial charge in [0.1, 0.15) is 16.2 Å². The van der Waals surface area contributed by atoms with Crippen molar-refractivity contribution in [2.24, 2.45) is 9.81 Å². The Balaban J connectivity index is 1.74. The Kier molecular flexibility index (Phi) is 7.19. The number of anilines is 2. The minimum absolute atomic E-state index is 0.0245. The third kappa shape index (κ3) is 5.61. The van der Waals surface area contributed by atoms with Crippen LogP contribution in [0.1, 0.15) is 64.5 Å². The molecule has 1 aliphatic heterocycles. The van der Waals surface area contributed by atoms with Crippen molar-refractivity contribution in [2.45, 2.75) is 63.7 Å². The third-order valence-corrected chi connectivity index (χ3v) is 8.86. The van der Waals surface area contributed by atoms with Gasteiger partial charge in [-0.1, -0.05) is 68.7 Å². The number of nitrogens with one attached hydrogen (secondary N) is 2. The molecule has 1 unspecified atom stereocenters. The van der Waals surface area contributed by atoms with Crippen molar-refractivity contribution >= 4 is 49.6 Å². The lowest BCUT2D eigenvalue weighted by Gasteiger charge is -2.39. The molecule has 0 saturated heterocycles. The molecule has 4 rings (SSSR count). The molecule has 1 aliphatic carbocycles. The van der Waals surface area contributed by atoms with E-state index in [4.69, 9.17) is 0 Å². The summed E-state index contributed by atoms with van der Waals surface area (Å²) < 4.78 is 51.4. The molecular weight excluding hydrogens is 526 g/mol. The number of aliphatic hydroxyl groups is 1. The number of ketones is 1. The number of Topliss-reactive ketones (excluding diaryl/α,β-unsaturated/α-hetero) is 1. The van der Waals surface area contributed by atoms with Crippen molar-refractivity contribution in [1.82, 2.24) is 0 Å². The number of fused-ring (bicyclic) bond motifs is 2. The quantitative estimate of drug-likeness (QED) is 0.248. The van der Waals surface area contributed by atoms with Crippen molar-refractivity contribution in [2.75, 3.05) is 16.3 Å². The van der Waals surface area contributed by atoms with Crippen molar-refractivity contribution in [3.8, 4) is 0 Å². The van der Waals surface area contributed by atoms with E-state index in [1.807, 2.05) is 19.1 Å². The Hall–Kier alpha value is -2.86. The molecule has 0 amide bonds. The maximum absolute atomic E-state index is 14.1. The molecule has 1 atom stereocenters. The largest absolute Gasteiger partial charge is 0.506 e. The molecule has 0 radical (unpaired) electrons. The van der Waals surface area contributed by atoms with Gasteiger partial charge >= 0.3 is 0 Å². The number of benzene rings is 2. The lowest BCUT2D eigenvalue weighted by atomic mass is 9.66. The van der Waals surface area contributed by atoms with Gasteiger partial charge in [0.25, 0.3) is 0 Å². The number of aliphatic hydroxyl groups excluding tert-OH is 1. The van der Waals surface area contributed by atoms with Crippen molar-refractivity contribution in [1.29, 1.82) is 0 Å². The Morgan fingerprint density at radius 1 is 1.11 bits per heavy atom. The summed E-state index contributed by atoms with van der Waals surface area (Å²) in [5.41, 5.74) is 0.727. The summed E-state index contributed by atoms with van der Waals surface area (Å²) in [5, 5.41) is 14.2. The highest BCUT2D eigenvalue weighted by atomic mass is 32.3. The molecule has 9 nitrogen and oxygen atoms in total. The molecule has 11 heteroatoms. The number of carbonyl (C=O) groups excluding carboxylic acids is 1. The number of hydrogen-bond acceptors (Lipinski definition) is 8. The van der Waals surface area contributed by atoms with Gasteiger partial charge in [-0.2, -0.15) is 0 Å². The lowest BCUT2D eigenvalue weighted by molar-refractivity contribution is -0.120. The first-order chi connectivity index (χ1) is 17.5. The SMILES string of the molecule is CC(C)(C)CCCCC1(C)C(=O)C(C2=NS(O)(O)c3cc(NS(C)(=O)=O)ccc3N2)=C(O)c2ccccc21. The van der Waals surface area contributed by atoms with Crippen LogP contribution in [0.15, 0.2) is 57.3 Å². The predicted molar refractivity (Wildman–Crippen MR) is 153 cm³/mol. The van der Waals surface area contributed by atoms with Crippen molar-refractivity contribution in [3.05, 3.63) is 59.2 Å². The van der Waals surface area contributed by atoms with E-state index in [1.54, 1.807) is 12.1 Å². The van der Waals surface area contributed by atoms with E-state index in [2.05, 4.69) is 35.2 Å². The molecule has 0 bridgehead atoms. The monoisotopic (exact) mass is 561 g/mol. The van der Waals surface area contributed by atoms with E-state index in [9.17, 15) is 27.4 Å². The zero-order chi connectivity index (χ0) is 28.1. The van der Waals surface area contributed by atoms with E-state index in [0.717, 1.165) is 31.1 Å². The van der Waals surface area contributed by atoms with Crippen LogP contribution in [0.25, 0.3) is 5.76 Å². The first-order valence-electron chi connectivity index (χ1n) is 12.4. The maximum Gasteiger partial charge on any atom is 0.229 e. The summed E-state index contributed by atoms with van der Waals surface area (Å²) in [4.78, 5) is 14.1. The van der Waals surface area contributed by atoms with Crippen LogP contribution in [0.4, 0.5) is 11.4 Å². The van der Waals surface area contributed by atoms with Crippen LogP contribution >= 0.6 is 10.8 Å². The van der Waals surface area contributed by atoms with Gasteiger partial charge in [-0.25, -0.2) is 8.42 Å². The third-order valence-electron chi connectivity index (χ3n) is 6.88. The molecule has 0 saturated carbocycles. The second-order valence-corrected chi connectivity index (χ2v) is 14.8. The standard InChI is InChI=1S/C27H35N3O6S2/c1-26(2,3)14-8-9-15-27(4)19-11-7-6-10-18(19)23(31)22(24(27)32)25-28-20-13-12-17(29-37(5,33)34)16-21(20)38(35,36)30-25/h6-7,10-13,16,29,31,35-36H,8-9,14-15H2,1-5H3,(H,28,30). The maximum atomic E-state index is 14.1. The number of amidine groups is 1. The minimum Gasteiger partial charge on any atom is -0.506 e. The first-order valence-corrected chi connectivity index (χ1v) is 15.8. The van der Waals surface area contributed by atoms with Crippen LogP contribution in [-0.2, 0) is 20.2 Å². The highest BCUT2D eigenvalue weighted by Crippen LogP contribution is 2.57. The molecule has 0 aromatic heterocycles. The van der Waals surface area contributed by atoms with Gasteiger partial charge in [-0.3, -0.25) is 18.6 Å². The average Bonchev–Trinajstić information content (AvgIpc) is 2.79. The summed E-state index contributed by atoms with van der Waals surface area (Å²) in [6.07, 6.45) is 4.29. The van der Waals surface area contributed by atoms with E-state index in [1.165, 1.54) is 18.2 Å². The highest BCUT2D eigenvalue weighted by Gasteiger charge is 2.46. The van der Waals surface area contributed by atoms with Crippen LogP contribution in [0, 0.1) is 5.41 Å². The Labute approximate surface area is 225 Å². The summed E-state index contributed by atoms with van der Waals surface area (Å²) in [6, 6.07) is 11.4. The molecule has 5 N–H and O–H groups in total. The van der Waals surface area contributed by atoms with Crippen molar-refractivity contribution < 1.29 is 27.4 Å². The molecule has 0 fully saturated rings. The summed E-state index contributed by atoms with van der Waals surface area (Å²) >= 11 is 0. The number of carbonyl (C=O) groups is 1. The average molecular weight is 562 g/mol. The zero-order valence-corrected chi connectivity index (χ0v) is 23.8. The highest BCUT2D eigenvalue weighted by molar-refractivity contribution is 8.23. The fourth-order valence-corrected chi connectivity index (χ4v) is 6.72. The van der Waals surface area contributed by atoms with Crippen LogP contribution in [0.3, 0.4) is 0 Å². The summed E-state index contributed by atoms with van der Waals surface area (Å²) in [5.74, 6) is -0.776. The van der Waals surface area contributed by atoms with Gasteiger partial charge < -0.3 is 10.4 Å². The second kappa shape index (κ2) is 9.71. The van der Waals surface area contributed by atoms with Crippen LogP contribution in [0.2, 0.25) is 0 Å². The number of nitrogens with zero attached hydrogens (tertiary/aromatic N) is 1.